The van der Waals surface area contributed by atoms with Gasteiger partial charge < -0.3 is 14.8 Å². The van der Waals surface area contributed by atoms with Gasteiger partial charge in [-0.3, -0.25) is 9.10 Å². The lowest BCUT2D eigenvalue weighted by atomic mass is 10.2. The van der Waals surface area contributed by atoms with E-state index >= 15 is 0 Å². The molecule has 0 fully saturated rings. The molecular weight excluding hydrogens is 428 g/mol. The molecule has 0 radical (unpaired) electrons. The van der Waals surface area contributed by atoms with Crippen molar-refractivity contribution in [2.45, 2.75) is 17.9 Å². The zero-order valence-corrected chi connectivity index (χ0v) is 18.4. The van der Waals surface area contributed by atoms with E-state index in [1.807, 2.05) is 31.2 Å². The molecule has 0 saturated carbocycles. The summed E-state index contributed by atoms with van der Waals surface area (Å²) in [5, 5.41) is 2.77. The average Bonchev–Trinajstić information content (AvgIpc) is 2.81. The Bertz CT molecular complexity index is 1200. The molecule has 0 saturated heterocycles. The van der Waals surface area contributed by atoms with Gasteiger partial charge in [-0.15, -0.1) is 0 Å². The minimum Gasteiger partial charge on any atom is -0.486 e. The number of amides is 1. The van der Waals surface area contributed by atoms with Crippen LogP contribution in [0.3, 0.4) is 0 Å². The summed E-state index contributed by atoms with van der Waals surface area (Å²) < 4.78 is 39.3. The second-order valence-corrected chi connectivity index (χ2v) is 9.33. The van der Waals surface area contributed by atoms with Crippen LogP contribution in [-0.4, -0.2) is 40.1 Å². The van der Waals surface area contributed by atoms with Gasteiger partial charge in [-0.05, 0) is 48.9 Å². The van der Waals surface area contributed by atoms with Crippen LogP contribution < -0.4 is 19.1 Å². The standard InChI is InChI=1S/C24H24N2O5S/c1-18-8-7-9-19(14-18)26(32(28,29)21-10-3-2-4-11-21)16-24(27)25-15-20-17-30-22-12-5-6-13-23(22)31-20/h2-14,20H,15-17H2,1H3,(H,25,27)/t20-/m1/s1. The van der Waals surface area contributed by atoms with Gasteiger partial charge in [0.1, 0.15) is 19.3 Å². The molecule has 0 aromatic heterocycles. The number of anilines is 1. The number of hydrogen-bond acceptors (Lipinski definition) is 5. The topological polar surface area (TPSA) is 84.9 Å². The summed E-state index contributed by atoms with van der Waals surface area (Å²) in [6.45, 7) is 2.00. The lowest BCUT2D eigenvalue weighted by Crippen LogP contribution is -2.45. The SMILES string of the molecule is Cc1cccc(N(CC(=O)NC[C@@H]2COc3ccccc3O2)S(=O)(=O)c2ccccc2)c1. The number of carbonyl (C=O) groups is 1. The van der Waals surface area contributed by atoms with Crippen molar-refractivity contribution < 1.29 is 22.7 Å². The van der Waals surface area contributed by atoms with Gasteiger partial charge in [-0.25, -0.2) is 8.42 Å². The summed E-state index contributed by atoms with van der Waals surface area (Å²) in [6.07, 6.45) is -0.369. The highest BCUT2D eigenvalue weighted by Gasteiger charge is 2.28. The van der Waals surface area contributed by atoms with Crippen molar-refractivity contribution in [3.05, 3.63) is 84.4 Å². The van der Waals surface area contributed by atoms with Crippen molar-refractivity contribution in [1.29, 1.82) is 0 Å². The molecule has 1 heterocycles. The maximum atomic E-state index is 13.3. The number of fused-ring (bicyclic) bond motifs is 1. The highest BCUT2D eigenvalue weighted by molar-refractivity contribution is 7.92. The van der Waals surface area contributed by atoms with Crippen molar-refractivity contribution in [3.8, 4) is 11.5 Å². The zero-order valence-electron chi connectivity index (χ0n) is 17.6. The molecule has 0 aliphatic carbocycles. The molecule has 3 aromatic rings. The summed E-state index contributed by atoms with van der Waals surface area (Å²) in [4.78, 5) is 12.9. The van der Waals surface area contributed by atoms with Gasteiger partial charge >= 0.3 is 0 Å². The van der Waals surface area contributed by atoms with E-state index in [4.69, 9.17) is 9.47 Å². The van der Waals surface area contributed by atoms with Gasteiger partial charge in [0.15, 0.2) is 11.5 Å². The molecule has 8 heteroatoms. The summed E-state index contributed by atoms with van der Waals surface area (Å²) in [5.74, 6) is 0.842. The van der Waals surface area contributed by atoms with Crippen LogP contribution >= 0.6 is 0 Å². The quantitative estimate of drug-likeness (QED) is 0.595. The molecule has 3 aromatic carbocycles. The van der Waals surface area contributed by atoms with Crippen molar-refractivity contribution in [3.63, 3.8) is 0 Å². The highest BCUT2D eigenvalue weighted by atomic mass is 32.2. The number of nitrogens with zero attached hydrogens (tertiary/aromatic N) is 1. The first-order valence-corrected chi connectivity index (χ1v) is 11.7. The summed E-state index contributed by atoms with van der Waals surface area (Å²) in [6, 6.07) is 22.4. The fraction of sp³-hybridized carbons (Fsp3) is 0.208. The molecule has 7 nitrogen and oxygen atoms in total. The number of para-hydroxylation sites is 2. The minimum absolute atomic E-state index is 0.120. The first kappa shape index (κ1) is 21.7. The van der Waals surface area contributed by atoms with Crippen LogP contribution in [0.4, 0.5) is 5.69 Å². The fourth-order valence-electron chi connectivity index (χ4n) is 3.40. The van der Waals surface area contributed by atoms with Crippen molar-refractivity contribution >= 4 is 21.6 Å². The molecule has 1 aliphatic heterocycles. The molecular formula is C24H24N2O5S. The van der Waals surface area contributed by atoms with E-state index in [0.717, 1.165) is 9.87 Å². The van der Waals surface area contributed by atoms with Gasteiger partial charge in [-0.1, -0.05) is 42.5 Å². The van der Waals surface area contributed by atoms with E-state index in [-0.39, 0.29) is 24.1 Å². The Hall–Kier alpha value is -3.52. The first-order chi connectivity index (χ1) is 15.4. The van der Waals surface area contributed by atoms with E-state index in [9.17, 15) is 13.2 Å². The Morgan fingerprint density at radius 2 is 1.72 bits per heavy atom. The van der Waals surface area contributed by atoms with Gasteiger partial charge in [0.05, 0.1) is 17.1 Å². The maximum Gasteiger partial charge on any atom is 0.264 e. The number of sulfonamides is 1. The van der Waals surface area contributed by atoms with Crippen LogP contribution in [0.2, 0.25) is 0 Å². The molecule has 0 unspecified atom stereocenters. The van der Waals surface area contributed by atoms with Crippen LogP contribution in [0.1, 0.15) is 5.56 Å². The Morgan fingerprint density at radius 3 is 2.47 bits per heavy atom. The number of nitrogens with one attached hydrogen (secondary N) is 1. The lowest BCUT2D eigenvalue weighted by molar-refractivity contribution is -0.120. The maximum absolute atomic E-state index is 13.3. The zero-order chi connectivity index (χ0) is 22.6. The third-order valence-corrected chi connectivity index (χ3v) is 6.79. The predicted molar refractivity (Wildman–Crippen MR) is 122 cm³/mol. The molecule has 0 spiro atoms. The number of rotatable bonds is 7. The monoisotopic (exact) mass is 452 g/mol. The molecule has 32 heavy (non-hydrogen) atoms. The van der Waals surface area contributed by atoms with Crippen LogP contribution in [-0.2, 0) is 14.8 Å². The van der Waals surface area contributed by atoms with Gasteiger partial charge in [0.25, 0.3) is 10.0 Å². The molecule has 166 valence electrons. The Kier molecular flexibility index (Phi) is 6.32. The van der Waals surface area contributed by atoms with Gasteiger partial charge in [0, 0.05) is 0 Å². The summed E-state index contributed by atoms with van der Waals surface area (Å²) in [7, 11) is -3.93. The highest BCUT2D eigenvalue weighted by Crippen LogP contribution is 2.30. The largest absolute Gasteiger partial charge is 0.486 e. The molecule has 1 aliphatic rings. The second kappa shape index (κ2) is 9.32. The lowest BCUT2D eigenvalue weighted by Gasteiger charge is -2.27. The summed E-state index contributed by atoms with van der Waals surface area (Å²) >= 11 is 0. The van der Waals surface area contributed by atoms with Crippen molar-refractivity contribution in [2.24, 2.45) is 0 Å². The van der Waals surface area contributed by atoms with Gasteiger partial charge in [0.2, 0.25) is 5.91 Å². The normalized spacial score (nSPS) is 15.1. The van der Waals surface area contributed by atoms with E-state index in [1.54, 1.807) is 42.5 Å². The predicted octanol–water partition coefficient (Wildman–Crippen LogP) is 3.15. The number of benzene rings is 3. The minimum atomic E-state index is -3.93. The molecule has 4 rings (SSSR count). The summed E-state index contributed by atoms with van der Waals surface area (Å²) in [5.41, 5.74) is 1.32. The molecule has 1 amide bonds. The van der Waals surface area contributed by atoms with E-state index in [0.29, 0.717) is 23.8 Å². The molecule has 1 atom stereocenters. The van der Waals surface area contributed by atoms with Crippen molar-refractivity contribution in [2.75, 3.05) is 24.0 Å². The first-order valence-electron chi connectivity index (χ1n) is 10.2. The Balaban J connectivity index is 1.48. The number of hydrogen-bond donors (Lipinski definition) is 1. The van der Waals surface area contributed by atoms with Crippen LogP contribution in [0.15, 0.2) is 83.8 Å². The van der Waals surface area contributed by atoms with Crippen LogP contribution in [0.5, 0.6) is 11.5 Å². The smallest absolute Gasteiger partial charge is 0.264 e. The fourth-order valence-corrected chi connectivity index (χ4v) is 4.83. The van der Waals surface area contributed by atoms with Crippen LogP contribution in [0, 0.1) is 6.92 Å². The third kappa shape index (κ3) is 4.86. The van der Waals surface area contributed by atoms with Crippen molar-refractivity contribution in [1.82, 2.24) is 5.32 Å². The van der Waals surface area contributed by atoms with Crippen LogP contribution in [0.25, 0.3) is 0 Å². The third-order valence-electron chi connectivity index (χ3n) is 5.00. The molecule has 0 bridgehead atoms. The Labute approximate surface area is 187 Å². The van der Waals surface area contributed by atoms with Gasteiger partial charge in [-0.2, -0.15) is 0 Å². The van der Waals surface area contributed by atoms with E-state index in [2.05, 4.69) is 5.32 Å². The average molecular weight is 453 g/mol. The Morgan fingerprint density at radius 1 is 1.00 bits per heavy atom. The number of ether oxygens (including phenoxy) is 2. The second-order valence-electron chi connectivity index (χ2n) is 7.47. The number of aryl methyl sites for hydroxylation is 1. The molecule has 1 N–H and O–H groups in total. The van der Waals surface area contributed by atoms with E-state index in [1.165, 1.54) is 12.1 Å². The van der Waals surface area contributed by atoms with E-state index < -0.39 is 15.9 Å². The number of carbonyl (C=O) groups excluding carboxylic acids is 1.